The Balaban J connectivity index is 1.52. The van der Waals surface area contributed by atoms with Crippen molar-refractivity contribution in [2.45, 2.75) is 71.5 Å². The predicted octanol–water partition coefficient (Wildman–Crippen LogP) is 5.57. The minimum absolute atomic E-state index is 0.130. The zero-order chi connectivity index (χ0) is 28.4. The first-order valence-electron chi connectivity index (χ1n) is 14.6. The van der Waals surface area contributed by atoms with E-state index in [4.69, 9.17) is 16.3 Å². The smallest absolute Gasteiger partial charge is 0.264 e. The summed E-state index contributed by atoms with van der Waals surface area (Å²) in [5.74, 6) is 0.518. The summed E-state index contributed by atoms with van der Waals surface area (Å²) in [6.45, 7) is 5.86. The summed E-state index contributed by atoms with van der Waals surface area (Å²) in [5, 5.41) is 11.9. The maximum absolute atomic E-state index is 13.2. The molecule has 1 amide bonds. The molecule has 7 nitrogen and oxygen atoms in total. The van der Waals surface area contributed by atoms with Crippen LogP contribution >= 0.6 is 11.6 Å². The highest BCUT2D eigenvalue weighted by Crippen LogP contribution is 2.42. The zero-order valence-corrected chi connectivity index (χ0v) is 25.0. The van der Waals surface area contributed by atoms with Crippen molar-refractivity contribution in [1.82, 2.24) is 4.72 Å². The lowest BCUT2D eigenvalue weighted by molar-refractivity contribution is 0.000858. The second-order valence-electron chi connectivity index (χ2n) is 12.3. The highest BCUT2D eigenvalue weighted by Gasteiger charge is 2.38. The zero-order valence-electron chi connectivity index (χ0n) is 23.4. The van der Waals surface area contributed by atoms with Gasteiger partial charge in [-0.1, -0.05) is 31.5 Å². The number of nitrogens with one attached hydrogen (secondary N) is 1. The van der Waals surface area contributed by atoms with Gasteiger partial charge < -0.3 is 14.7 Å². The van der Waals surface area contributed by atoms with E-state index < -0.39 is 22.0 Å². The van der Waals surface area contributed by atoms with Gasteiger partial charge in [0.1, 0.15) is 12.4 Å². The molecule has 0 aromatic heterocycles. The van der Waals surface area contributed by atoms with Crippen LogP contribution in [0.4, 0.5) is 5.69 Å². The lowest BCUT2D eigenvalue weighted by atomic mass is 9.68. The molecule has 1 saturated carbocycles. The number of amides is 1. The van der Waals surface area contributed by atoms with Gasteiger partial charge in [-0.2, -0.15) is 0 Å². The molecule has 40 heavy (non-hydrogen) atoms. The number of anilines is 1. The van der Waals surface area contributed by atoms with Crippen molar-refractivity contribution in [3.05, 3.63) is 58.1 Å². The van der Waals surface area contributed by atoms with Crippen LogP contribution in [0.2, 0.25) is 5.02 Å². The first-order valence-corrected chi connectivity index (χ1v) is 16.6. The molecular formula is C31H41ClN2O5S. The average molecular weight is 589 g/mol. The van der Waals surface area contributed by atoms with Crippen LogP contribution in [0.1, 0.15) is 73.9 Å². The van der Waals surface area contributed by atoms with Gasteiger partial charge in [0, 0.05) is 23.7 Å². The molecule has 0 saturated heterocycles. The van der Waals surface area contributed by atoms with Crippen molar-refractivity contribution in [2.24, 2.45) is 23.7 Å². The van der Waals surface area contributed by atoms with E-state index in [1.807, 2.05) is 25.1 Å². The van der Waals surface area contributed by atoms with E-state index in [-0.39, 0.29) is 29.1 Å². The summed E-state index contributed by atoms with van der Waals surface area (Å²) < 4.78 is 34.4. The van der Waals surface area contributed by atoms with Crippen molar-refractivity contribution in [3.63, 3.8) is 0 Å². The molecule has 5 rings (SSSR count). The maximum Gasteiger partial charge on any atom is 0.264 e. The summed E-state index contributed by atoms with van der Waals surface area (Å²) in [6, 6.07) is 11.1. The van der Waals surface area contributed by atoms with Crippen LogP contribution in [-0.2, 0) is 23.1 Å². The first kappa shape index (κ1) is 29.2. The molecule has 2 aromatic rings. The Morgan fingerprint density at radius 2 is 1.85 bits per heavy atom. The van der Waals surface area contributed by atoms with Gasteiger partial charge in [-0.3, -0.25) is 4.79 Å². The molecule has 9 heteroatoms. The fourth-order valence-corrected chi connectivity index (χ4v) is 8.31. The third kappa shape index (κ3) is 6.94. The molecule has 2 bridgehead atoms. The van der Waals surface area contributed by atoms with E-state index >= 15 is 0 Å². The number of aryl methyl sites for hydroxylation is 1. The minimum atomic E-state index is -3.82. The number of sulfonamides is 1. The predicted molar refractivity (Wildman–Crippen MR) is 158 cm³/mol. The molecule has 1 fully saturated rings. The highest BCUT2D eigenvalue weighted by molar-refractivity contribution is 7.90. The van der Waals surface area contributed by atoms with Crippen LogP contribution in [0.15, 0.2) is 36.4 Å². The van der Waals surface area contributed by atoms with Crippen LogP contribution in [0.5, 0.6) is 5.75 Å². The van der Waals surface area contributed by atoms with Gasteiger partial charge in [-0.25, -0.2) is 13.1 Å². The van der Waals surface area contributed by atoms with E-state index in [9.17, 15) is 18.3 Å². The summed E-state index contributed by atoms with van der Waals surface area (Å²) in [4.78, 5) is 15.5. The first-order chi connectivity index (χ1) is 19.1. The summed E-state index contributed by atoms with van der Waals surface area (Å²) in [5.41, 5.74) is 3.34. The lowest BCUT2D eigenvalue weighted by Gasteiger charge is -2.44. The van der Waals surface area contributed by atoms with Gasteiger partial charge in [0.05, 0.1) is 17.5 Å². The van der Waals surface area contributed by atoms with Gasteiger partial charge in [-0.05, 0) is 110 Å². The van der Waals surface area contributed by atoms with Crippen molar-refractivity contribution in [1.29, 1.82) is 0 Å². The molecule has 2 heterocycles. The number of hydrogen-bond acceptors (Lipinski definition) is 6. The summed E-state index contributed by atoms with van der Waals surface area (Å²) in [6.07, 6.45) is 5.79. The third-order valence-corrected chi connectivity index (χ3v) is 10.6. The Morgan fingerprint density at radius 3 is 2.62 bits per heavy atom. The molecular weight excluding hydrogens is 548 g/mol. The van der Waals surface area contributed by atoms with Crippen molar-refractivity contribution < 1.29 is 23.1 Å². The normalized spacial score (nSPS) is 29.4. The van der Waals surface area contributed by atoms with E-state index in [0.29, 0.717) is 36.1 Å². The number of carbonyl (C=O) groups is 1. The van der Waals surface area contributed by atoms with Crippen molar-refractivity contribution in [2.75, 3.05) is 23.7 Å². The van der Waals surface area contributed by atoms with Crippen molar-refractivity contribution >= 4 is 33.2 Å². The molecule has 2 aromatic carbocycles. The molecule has 218 valence electrons. The van der Waals surface area contributed by atoms with E-state index in [1.165, 1.54) is 5.56 Å². The van der Waals surface area contributed by atoms with Crippen LogP contribution in [0.3, 0.4) is 0 Å². The van der Waals surface area contributed by atoms with E-state index in [0.717, 1.165) is 56.4 Å². The number of fused-ring (bicyclic) bond motifs is 3. The Bertz CT molecular complexity index is 1330. The third-order valence-electron chi connectivity index (χ3n) is 8.86. The molecule has 2 aliphatic heterocycles. The monoisotopic (exact) mass is 588 g/mol. The molecule has 3 aliphatic rings. The minimum Gasteiger partial charge on any atom is -0.487 e. The van der Waals surface area contributed by atoms with Gasteiger partial charge in [-0.15, -0.1) is 0 Å². The fourth-order valence-electron chi connectivity index (χ4n) is 6.75. The average Bonchev–Trinajstić information content (AvgIpc) is 2.88. The number of hydrogen-bond donors (Lipinski definition) is 2. The van der Waals surface area contributed by atoms with Crippen molar-refractivity contribution in [3.8, 4) is 5.75 Å². The molecule has 0 spiro atoms. The Labute approximate surface area is 243 Å². The SMILES string of the molecule is C[C@H]1C[C@H](C)CS(=O)(=O)NC(=O)c2ccc3c(c2)N(CCCCc2cc(Cl)ccc2CO3)C[C@@H]2CC[C@H]2[C@@H](O)C1. The van der Waals surface area contributed by atoms with Crippen LogP contribution in [0, 0.1) is 23.7 Å². The Morgan fingerprint density at radius 1 is 1.02 bits per heavy atom. The number of benzene rings is 2. The molecule has 1 aliphatic carbocycles. The molecule has 5 atom stereocenters. The van der Waals surface area contributed by atoms with Gasteiger partial charge in [0.2, 0.25) is 10.0 Å². The van der Waals surface area contributed by atoms with Gasteiger partial charge in [0.15, 0.2) is 0 Å². The Kier molecular flexibility index (Phi) is 8.98. The van der Waals surface area contributed by atoms with Gasteiger partial charge in [0.25, 0.3) is 5.91 Å². The maximum atomic E-state index is 13.2. The van der Waals surface area contributed by atoms with Crippen LogP contribution in [-0.4, -0.2) is 44.4 Å². The number of ether oxygens (including phenoxy) is 1. The largest absolute Gasteiger partial charge is 0.487 e. The lowest BCUT2D eigenvalue weighted by Crippen LogP contribution is -2.44. The number of carbonyl (C=O) groups excluding carboxylic acids is 1. The van der Waals surface area contributed by atoms with E-state index in [2.05, 4.69) is 16.5 Å². The second-order valence-corrected chi connectivity index (χ2v) is 14.5. The topological polar surface area (TPSA) is 95.9 Å². The number of nitrogens with zero attached hydrogens (tertiary/aromatic N) is 1. The quantitative estimate of drug-likeness (QED) is 0.417. The van der Waals surface area contributed by atoms with Gasteiger partial charge >= 0.3 is 0 Å². The number of halogens is 1. The Hall–Kier alpha value is -2.29. The second kappa shape index (κ2) is 12.3. The van der Waals surface area contributed by atoms with E-state index in [1.54, 1.807) is 18.2 Å². The fraction of sp³-hybridized carbons (Fsp3) is 0.581. The summed E-state index contributed by atoms with van der Waals surface area (Å²) in [7, 11) is -3.82. The standard InChI is InChI=1S/C31H41ClN2O5S/c1-20-13-21(2)19-40(37,38)33-31(36)23-8-11-30-28(16-23)34(17-24-7-10-27(24)29(35)14-20)12-4-3-5-22-15-26(32)9-6-25(22)18-39-30/h6,8-9,11,15-16,20-21,24,27,29,35H,3-5,7,10,12-14,17-19H2,1-2H3,(H,33,36)/t20-,21-,24-,27+,29-/m0/s1. The van der Waals surface area contributed by atoms with Crippen LogP contribution in [0.25, 0.3) is 0 Å². The highest BCUT2D eigenvalue weighted by atomic mass is 35.5. The molecule has 0 unspecified atom stereocenters. The summed E-state index contributed by atoms with van der Waals surface area (Å²) >= 11 is 6.30. The number of aliphatic hydroxyl groups excluding tert-OH is 1. The molecule has 0 radical (unpaired) electrons. The number of rotatable bonds is 0. The number of aliphatic hydroxyl groups is 1. The molecule has 2 N–H and O–H groups in total. The van der Waals surface area contributed by atoms with Crippen LogP contribution < -0.4 is 14.4 Å².